The summed E-state index contributed by atoms with van der Waals surface area (Å²) in [4.78, 5) is 41.4. The van der Waals surface area contributed by atoms with E-state index in [9.17, 15) is 14.4 Å². The van der Waals surface area contributed by atoms with E-state index in [1.807, 2.05) is 42.5 Å². The second kappa shape index (κ2) is 10.6. The number of hydrogen-bond donors (Lipinski definition) is 0. The van der Waals surface area contributed by atoms with Crippen molar-refractivity contribution in [2.45, 2.75) is 20.0 Å². The van der Waals surface area contributed by atoms with E-state index in [2.05, 4.69) is 0 Å². The van der Waals surface area contributed by atoms with Gasteiger partial charge in [0.25, 0.3) is 5.56 Å². The topological polar surface area (TPSA) is 82.8 Å². The number of fused-ring (bicyclic) bond motifs is 2. The van der Waals surface area contributed by atoms with Gasteiger partial charge in [0.15, 0.2) is 11.5 Å². The second-order valence-corrected chi connectivity index (χ2v) is 8.58. The van der Waals surface area contributed by atoms with Crippen LogP contribution in [0.1, 0.15) is 12.5 Å². The maximum Gasteiger partial charge on any atom is 0.331 e. The number of amides is 1. The summed E-state index contributed by atoms with van der Waals surface area (Å²) in [7, 11) is 0. The largest absolute Gasteiger partial charge is 0.486 e. The molecule has 0 aliphatic carbocycles. The van der Waals surface area contributed by atoms with Gasteiger partial charge < -0.3 is 14.4 Å². The second-order valence-electron chi connectivity index (χ2n) is 8.58. The molecule has 3 aromatic carbocycles. The van der Waals surface area contributed by atoms with Gasteiger partial charge in [-0.1, -0.05) is 54.6 Å². The number of ether oxygens (including phenoxy) is 2. The van der Waals surface area contributed by atoms with E-state index in [1.54, 1.807) is 54.3 Å². The molecule has 0 unspecified atom stereocenters. The van der Waals surface area contributed by atoms with E-state index >= 15 is 0 Å². The van der Waals surface area contributed by atoms with Gasteiger partial charge in [0.1, 0.15) is 19.8 Å². The highest BCUT2D eigenvalue weighted by atomic mass is 16.6. The van der Waals surface area contributed by atoms with Crippen LogP contribution in [-0.2, 0) is 17.9 Å². The molecule has 0 saturated carbocycles. The molecular weight excluding hydrogens is 470 g/mol. The van der Waals surface area contributed by atoms with Crippen LogP contribution in [0.25, 0.3) is 17.0 Å². The molecule has 0 saturated heterocycles. The number of rotatable bonds is 7. The lowest BCUT2D eigenvalue weighted by molar-refractivity contribution is -0.119. The van der Waals surface area contributed by atoms with Crippen LogP contribution in [0.3, 0.4) is 0 Å². The number of para-hydroxylation sites is 1. The normalized spacial score (nSPS) is 12.7. The smallest absolute Gasteiger partial charge is 0.331 e. The number of anilines is 1. The Morgan fingerprint density at radius 3 is 2.43 bits per heavy atom. The quantitative estimate of drug-likeness (QED) is 0.389. The van der Waals surface area contributed by atoms with Crippen LogP contribution >= 0.6 is 0 Å². The molecule has 4 aromatic rings. The number of hydrogen-bond acceptors (Lipinski definition) is 5. The highest BCUT2D eigenvalue weighted by Crippen LogP contribution is 2.34. The fourth-order valence-corrected chi connectivity index (χ4v) is 4.43. The minimum atomic E-state index is -0.512. The number of nitrogens with zero attached hydrogens (tertiary/aromatic N) is 3. The first-order valence-electron chi connectivity index (χ1n) is 12.2. The van der Waals surface area contributed by atoms with Crippen molar-refractivity contribution in [2.75, 3.05) is 24.7 Å². The van der Waals surface area contributed by atoms with Crippen molar-refractivity contribution >= 4 is 28.6 Å². The van der Waals surface area contributed by atoms with Gasteiger partial charge in [0, 0.05) is 24.8 Å². The first-order chi connectivity index (χ1) is 18.1. The maximum atomic E-state index is 13.8. The average Bonchev–Trinajstić information content (AvgIpc) is 2.94. The van der Waals surface area contributed by atoms with Crippen LogP contribution < -0.4 is 25.6 Å². The van der Waals surface area contributed by atoms with E-state index in [-0.39, 0.29) is 31.1 Å². The molecule has 0 bridgehead atoms. The van der Waals surface area contributed by atoms with Gasteiger partial charge in [-0.05, 0) is 36.8 Å². The van der Waals surface area contributed by atoms with Gasteiger partial charge in [-0.2, -0.15) is 0 Å². The number of aromatic nitrogens is 2. The molecule has 8 heteroatoms. The zero-order valence-corrected chi connectivity index (χ0v) is 20.5. The summed E-state index contributed by atoms with van der Waals surface area (Å²) in [5.41, 5.74) is 1.18. The van der Waals surface area contributed by atoms with Crippen molar-refractivity contribution in [2.24, 2.45) is 0 Å². The van der Waals surface area contributed by atoms with E-state index in [1.165, 1.54) is 4.57 Å². The van der Waals surface area contributed by atoms with Gasteiger partial charge in [-0.25, -0.2) is 4.79 Å². The van der Waals surface area contributed by atoms with Crippen LogP contribution in [0, 0.1) is 0 Å². The Labute approximate surface area is 213 Å². The Morgan fingerprint density at radius 1 is 0.919 bits per heavy atom. The summed E-state index contributed by atoms with van der Waals surface area (Å²) in [5, 5.41) is 0.395. The van der Waals surface area contributed by atoms with Gasteiger partial charge in [0.2, 0.25) is 5.91 Å². The molecule has 0 N–H and O–H groups in total. The van der Waals surface area contributed by atoms with Crippen molar-refractivity contribution in [1.82, 2.24) is 9.13 Å². The molecule has 1 aromatic heterocycles. The number of carbonyl (C=O) groups is 1. The van der Waals surface area contributed by atoms with Crippen LogP contribution in [0.4, 0.5) is 5.69 Å². The van der Waals surface area contributed by atoms with E-state index in [4.69, 9.17) is 9.47 Å². The van der Waals surface area contributed by atoms with Crippen LogP contribution in [0.15, 0.2) is 88.5 Å². The van der Waals surface area contributed by atoms with Crippen LogP contribution in [0.5, 0.6) is 11.5 Å². The molecule has 5 rings (SSSR count). The average molecular weight is 498 g/mol. The lowest BCUT2D eigenvalue weighted by Gasteiger charge is -2.25. The monoisotopic (exact) mass is 497 g/mol. The SMILES string of the molecule is CCn1c(=O)c2ccccc2n(CC(=O)N(C/C=C/c2ccccc2)c2ccc3c(c2)OCCO3)c1=O. The van der Waals surface area contributed by atoms with Crippen molar-refractivity contribution in [3.63, 3.8) is 0 Å². The summed E-state index contributed by atoms with van der Waals surface area (Å²) in [6.07, 6.45) is 3.84. The van der Waals surface area contributed by atoms with Gasteiger partial charge in [0.05, 0.1) is 10.9 Å². The minimum Gasteiger partial charge on any atom is -0.486 e. The van der Waals surface area contributed by atoms with E-state index in [0.717, 1.165) is 10.1 Å². The van der Waals surface area contributed by atoms with E-state index in [0.29, 0.717) is 41.3 Å². The zero-order chi connectivity index (χ0) is 25.8. The summed E-state index contributed by atoms with van der Waals surface area (Å²) < 4.78 is 13.9. The molecule has 0 radical (unpaired) electrons. The Morgan fingerprint density at radius 2 is 1.65 bits per heavy atom. The van der Waals surface area contributed by atoms with Gasteiger partial charge in [-0.3, -0.25) is 18.7 Å². The predicted molar refractivity (Wildman–Crippen MR) is 143 cm³/mol. The molecule has 1 amide bonds. The Hall–Kier alpha value is -4.59. The summed E-state index contributed by atoms with van der Waals surface area (Å²) in [6.45, 7) is 2.89. The fraction of sp³-hybridized carbons (Fsp3) is 0.207. The molecule has 2 heterocycles. The highest BCUT2D eigenvalue weighted by molar-refractivity contribution is 5.95. The molecular formula is C29H27N3O5. The molecule has 8 nitrogen and oxygen atoms in total. The first kappa shape index (κ1) is 24.1. The summed E-state index contributed by atoms with van der Waals surface area (Å²) in [5.74, 6) is 0.887. The van der Waals surface area contributed by atoms with Crippen LogP contribution in [-0.4, -0.2) is 34.8 Å². The molecule has 37 heavy (non-hydrogen) atoms. The lowest BCUT2D eigenvalue weighted by atomic mass is 10.2. The van der Waals surface area contributed by atoms with E-state index < -0.39 is 5.69 Å². The number of benzene rings is 3. The number of carbonyl (C=O) groups excluding carboxylic acids is 1. The zero-order valence-electron chi connectivity index (χ0n) is 20.5. The van der Waals surface area contributed by atoms with Crippen molar-refractivity contribution in [3.05, 3.63) is 105 Å². The van der Waals surface area contributed by atoms with Crippen LogP contribution in [0.2, 0.25) is 0 Å². The first-order valence-corrected chi connectivity index (χ1v) is 12.2. The Bertz CT molecular complexity index is 1590. The minimum absolute atomic E-state index is 0.211. The standard InChI is InChI=1S/C29H27N3O5/c1-2-30-28(34)23-12-6-7-13-24(23)32(29(30)35)20-27(33)31(16-8-11-21-9-4-3-5-10-21)22-14-15-25-26(19-22)37-18-17-36-25/h3-15,19H,2,16-18,20H2,1H3/b11-8+. The van der Waals surface area contributed by atoms with Gasteiger partial charge in [-0.15, -0.1) is 0 Å². The fourth-order valence-electron chi connectivity index (χ4n) is 4.43. The van der Waals surface area contributed by atoms with Crippen molar-refractivity contribution in [3.8, 4) is 11.5 Å². The summed E-state index contributed by atoms with van der Waals surface area (Å²) >= 11 is 0. The third-order valence-corrected chi connectivity index (χ3v) is 6.28. The molecule has 0 spiro atoms. The molecule has 1 aliphatic rings. The molecule has 0 atom stereocenters. The molecule has 188 valence electrons. The maximum absolute atomic E-state index is 13.8. The molecule has 1 aliphatic heterocycles. The van der Waals surface area contributed by atoms with Crippen molar-refractivity contribution in [1.29, 1.82) is 0 Å². The van der Waals surface area contributed by atoms with Crippen molar-refractivity contribution < 1.29 is 14.3 Å². The third-order valence-electron chi connectivity index (χ3n) is 6.28. The van der Waals surface area contributed by atoms with Gasteiger partial charge >= 0.3 is 5.69 Å². The molecule has 0 fully saturated rings. The highest BCUT2D eigenvalue weighted by Gasteiger charge is 2.21. The third kappa shape index (κ3) is 4.91. The Balaban J connectivity index is 1.53. The predicted octanol–water partition coefficient (Wildman–Crippen LogP) is 3.70. The Kier molecular flexibility index (Phi) is 6.89. The summed E-state index contributed by atoms with van der Waals surface area (Å²) in [6, 6.07) is 22.0. The lowest BCUT2D eigenvalue weighted by Crippen LogP contribution is -2.43.